The molecule has 3 rings (SSSR count). The minimum Gasteiger partial charge on any atom is -0.497 e. The number of rotatable bonds is 5. The van der Waals surface area contributed by atoms with Crippen LogP contribution >= 0.6 is 0 Å². The van der Waals surface area contributed by atoms with Crippen LogP contribution in [0, 0.1) is 13.8 Å². The molecule has 8 nitrogen and oxygen atoms in total. The molecule has 1 aromatic carbocycles. The molecule has 1 aliphatic heterocycles. The summed E-state index contributed by atoms with van der Waals surface area (Å²) in [5.74, 6) is 0.540. The zero-order valence-electron chi connectivity index (χ0n) is 14.9. The Hall–Kier alpha value is -2.39. The van der Waals surface area contributed by atoms with E-state index >= 15 is 0 Å². The fourth-order valence-corrected chi connectivity index (χ4v) is 5.10. The summed E-state index contributed by atoms with van der Waals surface area (Å²) < 4.78 is 37.3. The number of benzene rings is 1. The third kappa shape index (κ3) is 3.32. The SMILES string of the molecule is COc1ccc(NC(=O)[C@H]2CCCN2S(=O)(=O)c2c(C)noc2C)cc1. The van der Waals surface area contributed by atoms with Crippen molar-refractivity contribution < 1.29 is 22.5 Å². The topological polar surface area (TPSA) is 102 Å². The molecule has 140 valence electrons. The normalized spacial score (nSPS) is 18.0. The van der Waals surface area contributed by atoms with Crippen molar-refractivity contribution in [1.29, 1.82) is 0 Å². The molecule has 2 heterocycles. The van der Waals surface area contributed by atoms with Crippen LogP contribution in [0.25, 0.3) is 0 Å². The summed E-state index contributed by atoms with van der Waals surface area (Å²) in [4.78, 5) is 12.7. The molecule has 0 saturated carbocycles. The number of nitrogens with one attached hydrogen (secondary N) is 1. The van der Waals surface area contributed by atoms with Crippen LogP contribution in [0.4, 0.5) is 5.69 Å². The van der Waals surface area contributed by atoms with Crippen LogP contribution in [0.1, 0.15) is 24.3 Å². The Balaban J connectivity index is 1.82. The van der Waals surface area contributed by atoms with Gasteiger partial charge in [-0.05, 0) is 51.0 Å². The number of hydrogen-bond acceptors (Lipinski definition) is 6. The summed E-state index contributed by atoms with van der Waals surface area (Å²) >= 11 is 0. The number of ether oxygens (including phenoxy) is 1. The van der Waals surface area contributed by atoms with Crippen LogP contribution < -0.4 is 10.1 Å². The van der Waals surface area contributed by atoms with Crippen LogP contribution in [-0.4, -0.2) is 43.5 Å². The van der Waals surface area contributed by atoms with Crippen LogP contribution in [0.15, 0.2) is 33.7 Å². The molecular formula is C17H21N3O5S. The molecule has 1 amide bonds. The predicted octanol–water partition coefficient (Wildman–Crippen LogP) is 2.09. The first-order valence-corrected chi connectivity index (χ1v) is 9.68. The van der Waals surface area contributed by atoms with E-state index in [1.165, 1.54) is 4.31 Å². The van der Waals surface area contributed by atoms with E-state index < -0.39 is 16.1 Å². The van der Waals surface area contributed by atoms with Gasteiger partial charge in [-0.1, -0.05) is 5.16 Å². The number of hydrogen-bond donors (Lipinski definition) is 1. The molecule has 0 spiro atoms. The Morgan fingerprint density at radius 1 is 1.31 bits per heavy atom. The number of carbonyl (C=O) groups excluding carboxylic acids is 1. The van der Waals surface area contributed by atoms with Gasteiger partial charge in [0.2, 0.25) is 15.9 Å². The third-order valence-corrected chi connectivity index (χ3v) is 6.55. The highest BCUT2D eigenvalue weighted by atomic mass is 32.2. The van der Waals surface area contributed by atoms with Gasteiger partial charge in [0, 0.05) is 12.2 Å². The minimum atomic E-state index is -3.86. The van der Waals surface area contributed by atoms with Crippen molar-refractivity contribution in [1.82, 2.24) is 9.46 Å². The second-order valence-electron chi connectivity index (χ2n) is 6.14. The lowest BCUT2D eigenvalue weighted by Gasteiger charge is -2.23. The monoisotopic (exact) mass is 379 g/mol. The summed E-state index contributed by atoms with van der Waals surface area (Å²) in [6.45, 7) is 3.41. The van der Waals surface area contributed by atoms with E-state index in [0.717, 1.165) is 0 Å². The standard InChI is InChI=1S/C17H21N3O5S/c1-11-16(12(2)25-19-11)26(22,23)20-10-4-5-15(20)17(21)18-13-6-8-14(24-3)9-7-13/h6-9,15H,4-5,10H2,1-3H3,(H,18,21)/t15-/m1/s1. The summed E-state index contributed by atoms with van der Waals surface area (Å²) in [6, 6.07) is 6.10. The van der Waals surface area contributed by atoms with Gasteiger partial charge >= 0.3 is 0 Å². The molecule has 1 aliphatic rings. The number of carbonyl (C=O) groups is 1. The highest BCUT2D eigenvalue weighted by Gasteiger charge is 2.41. The quantitative estimate of drug-likeness (QED) is 0.853. The zero-order chi connectivity index (χ0) is 18.9. The van der Waals surface area contributed by atoms with Crippen molar-refractivity contribution in [2.45, 2.75) is 37.6 Å². The third-order valence-electron chi connectivity index (χ3n) is 4.40. The first-order valence-electron chi connectivity index (χ1n) is 8.24. The van der Waals surface area contributed by atoms with Crippen LogP contribution in [0.2, 0.25) is 0 Å². The molecule has 1 fully saturated rings. The van der Waals surface area contributed by atoms with Crippen LogP contribution in [-0.2, 0) is 14.8 Å². The Morgan fingerprint density at radius 2 is 2.00 bits per heavy atom. The smallest absolute Gasteiger partial charge is 0.249 e. The maximum Gasteiger partial charge on any atom is 0.249 e. The highest BCUT2D eigenvalue weighted by molar-refractivity contribution is 7.89. The summed E-state index contributed by atoms with van der Waals surface area (Å²) in [6.07, 6.45) is 1.08. The minimum absolute atomic E-state index is 0.0432. The Bertz CT molecular complexity index is 885. The number of aromatic nitrogens is 1. The van der Waals surface area contributed by atoms with Gasteiger partial charge in [-0.15, -0.1) is 0 Å². The molecule has 0 unspecified atom stereocenters. The van der Waals surface area contributed by atoms with Gasteiger partial charge in [0.15, 0.2) is 5.76 Å². The van der Waals surface area contributed by atoms with Gasteiger partial charge in [0.25, 0.3) is 0 Å². The lowest BCUT2D eigenvalue weighted by molar-refractivity contribution is -0.119. The van der Waals surface area contributed by atoms with E-state index in [1.807, 2.05) is 0 Å². The van der Waals surface area contributed by atoms with Gasteiger partial charge in [0.1, 0.15) is 22.4 Å². The van der Waals surface area contributed by atoms with Crippen molar-refractivity contribution in [2.24, 2.45) is 0 Å². The summed E-state index contributed by atoms with van der Waals surface area (Å²) in [5, 5.41) is 6.49. The van der Waals surface area contributed by atoms with Crippen molar-refractivity contribution >= 4 is 21.6 Å². The fourth-order valence-electron chi connectivity index (χ4n) is 3.15. The number of amides is 1. The number of methoxy groups -OCH3 is 1. The molecule has 1 N–H and O–H groups in total. The number of nitrogens with zero attached hydrogens (tertiary/aromatic N) is 2. The highest BCUT2D eigenvalue weighted by Crippen LogP contribution is 2.30. The maximum absolute atomic E-state index is 13.0. The molecule has 0 aliphatic carbocycles. The first kappa shape index (κ1) is 18.4. The Labute approximate surface area is 152 Å². The zero-order valence-corrected chi connectivity index (χ0v) is 15.7. The molecule has 2 aromatic rings. The molecule has 1 atom stereocenters. The second kappa shape index (κ2) is 7.08. The van der Waals surface area contributed by atoms with Gasteiger partial charge in [-0.2, -0.15) is 4.31 Å². The molecule has 26 heavy (non-hydrogen) atoms. The van der Waals surface area contributed by atoms with Crippen molar-refractivity contribution in [2.75, 3.05) is 19.0 Å². The Kier molecular flexibility index (Phi) is 5.01. The number of aryl methyl sites for hydroxylation is 2. The maximum atomic E-state index is 13.0. The number of sulfonamides is 1. The lowest BCUT2D eigenvalue weighted by atomic mass is 10.2. The lowest BCUT2D eigenvalue weighted by Crippen LogP contribution is -2.43. The van der Waals surface area contributed by atoms with Gasteiger partial charge in [0.05, 0.1) is 7.11 Å². The molecular weight excluding hydrogens is 358 g/mol. The van der Waals surface area contributed by atoms with Gasteiger partial charge in [-0.3, -0.25) is 4.79 Å². The van der Waals surface area contributed by atoms with Crippen molar-refractivity contribution in [3.8, 4) is 5.75 Å². The van der Waals surface area contributed by atoms with E-state index in [0.29, 0.717) is 30.0 Å². The van der Waals surface area contributed by atoms with E-state index in [1.54, 1.807) is 45.2 Å². The largest absolute Gasteiger partial charge is 0.497 e. The number of anilines is 1. The predicted molar refractivity (Wildman–Crippen MR) is 94.5 cm³/mol. The van der Waals surface area contributed by atoms with E-state index in [4.69, 9.17) is 9.26 Å². The molecule has 9 heteroatoms. The second-order valence-corrected chi connectivity index (χ2v) is 7.97. The fraction of sp³-hybridized carbons (Fsp3) is 0.412. The summed E-state index contributed by atoms with van der Waals surface area (Å²) in [5.41, 5.74) is 0.876. The first-order chi connectivity index (χ1) is 12.3. The molecule has 0 bridgehead atoms. The van der Waals surface area contributed by atoms with Crippen molar-refractivity contribution in [3.05, 3.63) is 35.7 Å². The summed E-state index contributed by atoms with van der Waals surface area (Å²) in [7, 11) is -2.30. The molecule has 1 aromatic heterocycles. The Morgan fingerprint density at radius 3 is 2.58 bits per heavy atom. The van der Waals surface area contributed by atoms with Gasteiger partial charge < -0.3 is 14.6 Å². The van der Waals surface area contributed by atoms with Crippen LogP contribution in [0.3, 0.4) is 0 Å². The van der Waals surface area contributed by atoms with Gasteiger partial charge in [-0.25, -0.2) is 8.42 Å². The average molecular weight is 379 g/mol. The average Bonchev–Trinajstić information content (AvgIpc) is 3.23. The van der Waals surface area contributed by atoms with E-state index in [9.17, 15) is 13.2 Å². The molecule has 1 saturated heterocycles. The van der Waals surface area contributed by atoms with E-state index in [2.05, 4.69) is 10.5 Å². The van der Waals surface area contributed by atoms with Crippen molar-refractivity contribution in [3.63, 3.8) is 0 Å². The molecule has 0 radical (unpaired) electrons. The van der Waals surface area contributed by atoms with Crippen LogP contribution in [0.5, 0.6) is 5.75 Å². The van der Waals surface area contributed by atoms with E-state index in [-0.39, 0.29) is 23.1 Å².